The maximum Gasteiger partial charge on any atom is 0.136 e. The maximum atomic E-state index is 10.3. The number of hydrogen-bond acceptors (Lipinski definition) is 4. The average Bonchev–Trinajstić information content (AvgIpc) is 2.03. The van der Waals surface area contributed by atoms with Crippen molar-refractivity contribution in [3.05, 3.63) is 0 Å². The summed E-state index contributed by atoms with van der Waals surface area (Å²) >= 11 is 0. The Morgan fingerprint density at radius 1 is 1.55 bits per heavy atom. The number of carbonyl (C=O) groups is 1. The first-order chi connectivity index (χ1) is 5.35. The molecule has 0 amide bonds. The van der Waals surface area contributed by atoms with Gasteiger partial charge < -0.3 is 15.6 Å². The summed E-state index contributed by atoms with van der Waals surface area (Å²) in [5, 5.41) is 11.1. The van der Waals surface area contributed by atoms with Crippen LogP contribution in [0.15, 0.2) is 0 Å². The molecule has 0 spiro atoms. The van der Waals surface area contributed by atoms with Crippen LogP contribution < -0.4 is 11.1 Å². The van der Waals surface area contributed by atoms with Gasteiger partial charge in [0.15, 0.2) is 0 Å². The van der Waals surface area contributed by atoms with E-state index in [-0.39, 0.29) is 12.8 Å². The molecule has 4 N–H and O–H groups in total. The third kappa shape index (κ3) is 5.97. The number of nitrogens with one attached hydrogen (secondary N) is 1. The molecule has 0 bridgehead atoms. The van der Waals surface area contributed by atoms with Gasteiger partial charge >= 0.3 is 0 Å². The molecule has 0 aromatic heterocycles. The van der Waals surface area contributed by atoms with Crippen LogP contribution in [0.5, 0.6) is 0 Å². The van der Waals surface area contributed by atoms with E-state index in [4.69, 9.17) is 10.8 Å². The van der Waals surface area contributed by atoms with Crippen molar-refractivity contribution in [2.24, 2.45) is 5.73 Å². The van der Waals surface area contributed by atoms with Crippen LogP contribution in [-0.2, 0) is 4.79 Å². The minimum absolute atomic E-state index is 0.147. The summed E-state index contributed by atoms with van der Waals surface area (Å²) in [4.78, 5) is 10.3. The molecule has 1 unspecified atom stereocenters. The molecular weight excluding hydrogens is 144 g/mol. The molecule has 0 saturated heterocycles. The van der Waals surface area contributed by atoms with Crippen molar-refractivity contribution in [3.8, 4) is 0 Å². The fourth-order valence-electron chi connectivity index (χ4n) is 0.844. The molecule has 66 valence electrons. The van der Waals surface area contributed by atoms with Gasteiger partial charge in [-0.15, -0.1) is 0 Å². The molecular formula is C7H16N2O2. The molecule has 11 heavy (non-hydrogen) atoms. The van der Waals surface area contributed by atoms with Gasteiger partial charge in [-0.3, -0.25) is 5.32 Å². The molecule has 0 aromatic rings. The largest absolute Gasteiger partial charge is 0.381 e. The smallest absolute Gasteiger partial charge is 0.136 e. The number of aliphatic hydroxyl groups excluding tert-OH is 1. The first-order valence-corrected chi connectivity index (χ1v) is 3.84. The zero-order valence-electron chi connectivity index (χ0n) is 6.62. The Morgan fingerprint density at radius 3 is 2.73 bits per heavy atom. The zero-order chi connectivity index (χ0) is 8.53. The predicted octanol–water partition coefficient (Wildman–Crippen LogP) is -0.778. The molecule has 0 saturated carbocycles. The molecule has 0 fully saturated rings. The fourth-order valence-corrected chi connectivity index (χ4v) is 0.844. The van der Waals surface area contributed by atoms with E-state index in [1.807, 2.05) is 0 Å². The maximum absolute atomic E-state index is 10.3. The van der Waals surface area contributed by atoms with E-state index in [1.165, 1.54) is 0 Å². The topological polar surface area (TPSA) is 75.4 Å². The van der Waals surface area contributed by atoms with Crippen molar-refractivity contribution in [1.82, 2.24) is 5.32 Å². The standard InChI is InChI=1S/C7H16N2O2/c8-4-2-1-3-7(5-10)9-6-11/h5,7,9,11H,1-4,6,8H2. The molecule has 4 heteroatoms. The van der Waals surface area contributed by atoms with E-state index in [2.05, 4.69) is 5.32 Å². The number of rotatable bonds is 7. The second kappa shape index (κ2) is 7.65. The highest BCUT2D eigenvalue weighted by Crippen LogP contribution is 1.96. The minimum Gasteiger partial charge on any atom is -0.381 e. The van der Waals surface area contributed by atoms with Crippen LogP contribution in [0.3, 0.4) is 0 Å². The number of unbranched alkanes of at least 4 members (excludes halogenated alkanes) is 1. The molecule has 0 aliphatic carbocycles. The fraction of sp³-hybridized carbons (Fsp3) is 0.857. The summed E-state index contributed by atoms with van der Waals surface area (Å²) in [5.74, 6) is 0. The molecule has 1 atom stereocenters. The van der Waals surface area contributed by atoms with Gasteiger partial charge in [0.1, 0.15) is 6.29 Å². The summed E-state index contributed by atoms with van der Waals surface area (Å²) < 4.78 is 0. The molecule has 0 aliphatic heterocycles. The summed E-state index contributed by atoms with van der Waals surface area (Å²) in [7, 11) is 0. The van der Waals surface area contributed by atoms with Gasteiger partial charge in [-0.05, 0) is 19.4 Å². The first kappa shape index (κ1) is 10.6. The molecule has 0 aliphatic rings. The Bertz CT molecular complexity index is 98.4. The third-order valence-corrected chi connectivity index (χ3v) is 1.49. The Hall–Kier alpha value is -0.450. The van der Waals surface area contributed by atoms with Gasteiger partial charge in [-0.2, -0.15) is 0 Å². The van der Waals surface area contributed by atoms with Crippen molar-refractivity contribution in [2.75, 3.05) is 13.3 Å². The van der Waals surface area contributed by atoms with Gasteiger partial charge in [0.2, 0.25) is 0 Å². The van der Waals surface area contributed by atoms with Crippen molar-refractivity contribution in [3.63, 3.8) is 0 Å². The van der Waals surface area contributed by atoms with Gasteiger partial charge in [-0.25, -0.2) is 0 Å². The summed E-state index contributed by atoms with van der Waals surface area (Å²) in [5.41, 5.74) is 5.27. The predicted molar refractivity (Wildman–Crippen MR) is 43.0 cm³/mol. The van der Waals surface area contributed by atoms with Crippen LogP contribution in [0, 0.1) is 0 Å². The second-order valence-electron chi connectivity index (χ2n) is 2.39. The van der Waals surface area contributed by atoms with E-state index in [1.54, 1.807) is 0 Å². The van der Waals surface area contributed by atoms with Crippen LogP contribution in [0.4, 0.5) is 0 Å². The van der Waals surface area contributed by atoms with Crippen LogP contribution in [0.1, 0.15) is 19.3 Å². The van der Waals surface area contributed by atoms with E-state index < -0.39 is 0 Å². The van der Waals surface area contributed by atoms with E-state index in [0.29, 0.717) is 6.54 Å². The lowest BCUT2D eigenvalue weighted by molar-refractivity contribution is -0.110. The van der Waals surface area contributed by atoms with Gasteiger partial charge in [0.25, 0.3) is 0 Å². The lowest BCUT2D eigenvalue weighted by Gasteiger charge is -2.08. The van der Waals surface area contributed by atoms with Crippen LogP contribution in [-0.4, -0.2) is 30.7 Å². The lowest BCUT2D eigenvalue weighted by atomic mass is 10.1. The summed E-state index contributed by atoms with van der Waals surface area (Å²) in [6.07, 6.45) is 3.42. The first-order valence-electron chi connectivity index (χ1n) is 3.84. The molecule has 0 heterocycles. The number of aldehydes is 1. The monoisotopic (exact) mass is 160 g/mol. The van der Waals surface area contributed by atoms with Crippen molar-refractivity contribution < 1.29 is 9.90 Å². The molecule has 4 nitrogen and oxygen atoms in total. The number of aliphatic hydroxyl groups is 1. The minimum atomic E-state index is -0.216. The summed E-state index contributed by atoms with van der Waals surface area (Å²) in [6.45, 7) is 0.511. The zero-order valence-corrected chi connectivity index (χ0v) is 6.62. The normalized spacial score (nSPS) is 12.9. The second-order valence-corrected chi connectivity index (χ2v) is 2.39. The van der Waals surface area contributed by atoms with Crippen LogP contribution in [0.25, 0.3) is 0 Å². The SMILES string of the molecule is NCCCCC(C=O)NCO. The van der Waals surface area contributed by atoms with Crippen LogP contribution in [0.2, 0.25) is 0 Å². The van der Waals surface area contributed by atoms with E-state index in [9.17, 15) is 4.79 Å². The Balaban J connectivity index is 3.28. The molecule has 0 radical (unpaired) electrons. The van der Waals surface area contributed by atoms with Gasteiger partial charge in [0, 0.05) is 0 Å². The lowest BCUT2D eigenvalue weighted by Crippen LogP contribution is -2.31. The highest BCUT2D eigenvalue weighted by Gasteiger charge is 2.03. The third-order valence-electron chi connectivity index (χ3n) is 1.49. The van der Waals surface area contributed by atoms with Crippen LogP contribution >= 0.6 is 0 Å². The van der Waals surface area contributed by atoms with Crippen molar-refractivity contribution >= 4 is 6.29 Å². The number of carbonyl (C=O) groups excluding carboxylic acids is 1. The number of hydrogen-bond donors (Lipinski definition) is 3. The van der Waals surface area contributed by atoms with Crippen molar-refractivity contribution in [2.45, 2.75) is 25.3 Å². The van der Waals surface area contributed by atoms with E-state index in [0.717, 1.165) is 25.5 Å². The molecule has 0 rings (SSSR count). The molecule has 0 aromatic carbocycles. The highest BCUT2D eigenvalue weighted by molar-refractivity contribution is 5.57. The Labute approximate surface area is 66.8 Å². The van der Waals surface area contributed by atoms with Crippen molar-refractivity contribution in [1.29, 1.82) is 0 Å². The highest BCUT2D eigenvalue weighted by atomic mass is 16.3. The quantitative estimate of drug-likeness (QED) is 0.259. The Morgan fingerprint density at radius 2 is 2.27 bits per heavy atom. The van der Waals surface area contributed by atoms with E-state index >= 15 is 0 Å². The number of nitrogens with two attached hydrogens (primary N) is 1. The average molecular weight is 160 g/mol. The Kier molecular flexibility index (Phi) is 7.34. The van der Waals surface area contributed by atoms with Gasteiger partial charge in [0.05, 0.1) is 12.8 Å². The summed E-state index contributed by atoms with van der Waals surface area (Å²) in [6, 6.07) is -0.216. The van der Waals surface area contributed by atoms with Gasteiger partial charge in [-0.1, -0.05) is 6.42 Å².